The summed E-state index contributed by atoms with van der Waals surface area (Å²) in [5, 5.41) is 14.1. The summed E-state index contributed by atoms with van der Waals surface area (Å²) in [6.07, 6.45) is 3.23. The molecule has 0 saturated carbocycles. The normalized spacial score (nSPS) is 16.6. The van der Waals surface area contributed by atoms with Gasteiger partial charge in [-0.15, -0.1) is 0 Å². The third kappa shape index (κ3) is 2.74. The third-order valence-corrected chi connectivity index (χ3v) is 5.58. The molecule has 1 fully saturated rings. The average molecular weight is 386 g/mol. The van der Waals surface area contributed by atoms with Crippen molar-refractivity contribution in [2.75, 3.05) is 11.4 Å². The molecule has 2 aromatic heterocycles. The number of aromatic nitrogens is 2. The molecule has 4 aromatic rings. The number of hydrogen-bond acceptors (Lipinski definition) is 5. The van der Waals surface area contributed by atoms with Gasteiger partial charge in [0, 0.05) is 12.7 Å². The first-order valence-corrected chi connectivity index (χ1v) is 9.55. The predicted molar refractivity (Wildman–Crippen MR) is 111 cm³/mol. The third-order valence-electron chi connectivity index (χ3n) is 5.58. The van der Waals surface area contributed by atoms with Crippen LogP contribution in [0.1, 0.15) is 24.4 Å². The Hall–Kier alpha value is -3.74. The summed E-state index contributed by atoms with van der Waals surface area (Å²) >= 11 is 0. The zero-order chi connectivity index (χ0) is 20.0. The van der Waals surface area contributed by atoms with E-state index in [1.807, 2.05) is 23.1 Å². The van der Waals surface area contributed by atoms with E-state index in [2.05, 4.69) is 29.2 Å². The highest BCUT2D eigenvalue weighted by molar-refractivity contribution is 5.86. The summed E-state index contributed by atoms with van der Waals surface area (Å²) in [6.45, 7) is 0.615. The van der Waals surface area contributed by atoms with Crippen molar-refractivity contribution in [2.45, 2.75) is 18.9 Å². The minimum absolute atomic E-state index is 0.0714. The molecule has 1 unspecified atom stereocenters. The fraction of sp³-hybridized carbons (Fsp3) is 0.182. The molecule has 0 spiro atoms. The van der Waals surface area contributed by atoms with Crippen LogP contribution in [0.5, 0.6) is 0 Å². The lowest BCUT2D eigenvalue weighted by Gasteiger charge is -2.26. The van der Waals surface area contributed by atoms with Gasteiger partial charge in [-0.1, -0.05) is 48.5 Å². The fourth-order valence-corrected chi connectivity index (χ4v) is 4.31. The summed E-state index contributed by atoms with van der Waals surface area (Å²) in [6, 6.07) is 19.3. The van der Waals surface area contributed by atoms with Gasteiger partial charge in [-0.2, -0.15) is 0 Å². The number of nitro groups is 1. The number of fused-ring (bicyclic) bond motifs is 2. The highest BCUT2D eigenvalue weighted by Gasteiger charge is 2.35. The zero-order valence-corrected chi connectivity index (χ0v) is 15.6. The van der Waals surface area contributed by atoms with Crippen LogP contribution in [0.4, 0.5) is 11.5 Å². The van der Waals surface area contributed by atoms with Crippen molar-refractivity contribution < 1.29 is 4.92 Å². The number of nitrogens with zero attached hydrogens (tertiary/aromatic N) is 4. The first kappa shape index (κ1) is 17.4. The second kappa shape index (κ2) is 6.70. The molecular weight excluding hydrogens is 368 g/mol. The van der Waals surface area contributed by atoms with Crippen molar-refractivity contribution in [1.82, 2.24) is 9.38 Å². The second-order valence-corrected chi connectivity index (χ2v) is 7.19. The average Bonchev–Trinajstić information content (AvgIpc) is 3.22. The van der Waals surface area contributed by atoms with Crippen molar-refractivity contribution in [1.29, 1.82) is 0 Å². The van der Waals surface area contributed by atoms with Crippen LogP contribution in [0.15, 0.2) is 71.7 Å². The van der Waals surface area contributed by atoms with Crippen molar-refractivity contribution in [3.8, 4) is 0 Å². The van der Waals surface area contributed by atoms with E-state index < -0.39 is 16.2 Å². The molecule has 1 aliphatic heterocycles. The highest BCUT2D eigenvalue weighted by Crippen LogP contribution is 2.40. The molecule has 0 radical (unpaired) electrons. The molecule has 2 aromatic carbocycles. The maximum Gasteiger partial charge on any atom is 0.376 e. The van der Waals surface area contributed by atoms with Gasteiger partial charge in [-0.25, -0.2) is 4.98 Å². The molecule has 0 amide bonds. The Bertz CT molecular complexity index is 1310. The van der Waals surface area contributed by atoms with Crippen LogP contribution in [0.25, 0.3) is 16.4 Å². The van der Waals surface area contributed by atoms with Crippen LogP contribution >= 0.6 is 0 Å². The van der Waals surface area contributed by atoms with E-state index in [0.717, 1.165) is 29.2 Å². The van der Waals surface area contributed by atoms with Gasteiger partial charge in [0.15, 0.2) is 0 Å². The molecule has 29 heavy (non-hydrogen) atoms. The lowest BCUT2D eigenvalue weighted by atomic mass is 9.97. The summed E-state index contributed by atoms with van der Waals surface area (Å²) in [5.74, 6) is 0.154. The highest BCUT2D eigenvalue weighted by atomic mass is 16.6. The Morgan fingerprint density at radius 2 is 1.83 bits per heavy atom. The van der Waals surface area contributed by atoms with Crippen LogP contribution in [-0.2, 0) is 0 Å². The summed E-state index contributed by atoms with van der Waals surface area (Å²) in [4.78, 5) is 30.5. The van der Waals surface area contributed by atoms with Crippen molar-refractivity contribution in [3.63, 3.8) is 0 Å². The Kier molecular flexibility index (Phi) is 4.01. The van der Waals surface area contributed by atoms with Crippen LogP contribution in [0.2, 0.25) is 0 Å². The van der Waals surface area contributed by atoms with Gasteiger partial charge in [-0.05, 0) is 41.3 Å². The SMILES string of the molecule is O=c1c([N+](=O)[O-])c(N2CCCC2c2cccc3ccccc23)nc2ccccn12. The van der Waals surface area contributed by atoms with E-state index in [-0.39, 0.29) is 11.9 Å². The van der Waals surface area contributed by atoms with Gasteiger partial charge in [0.2, 0.25) is 5.82 Å². The van der Waals surface area contributed by atoms with E-state index in [1.54, 1.807) is 18.2 Å². The fourth-order valence-electron chi connectivity index (χ4n) is 4.31. The quantitative estimate of drug-likeness (QED) is 0.391. The molecule has 1 saturated heterocycles. The summed E-state index contributed by atoms with van der Waals surface area (Å²) in [5.41, 5.74) is 0.381. The lowest BCUT2D eigenvalue weighted by Crippen LogP contribution is -2.29. The van der Waals surface area contributed by atoms with Crippen LogP contribution < -0.4 is 10.5 Å². The molecule has 7 nitrogen and oxygen atoms in total. The van der Waals surface area contributed by atoms with E-state index >= 15 is 0 Å². The topological polar surface area (TPSA) is 80.8 Å². The number of rotatable bonds is 3. The summed E-state index contributed by atoms with van der Waals surface area (Å²) in [7, 11) is 0. The number of benzene rings is 2. The molecule has 3 heterocycles. The standard InChI is InChI=1S/C22H18N4O3/c27-22-20(26(28)29)21(23-19-12-3-4-13-25(19)22)24-14-6-11-18(24)17-10-5-8-15-7-1-2-9-16(15)17/h1-5,7-10,12-13,18H,6,11,14H2. The molecule has 0 aliphatic carbocycles. The Labute approximate surface area is 166 Å². The van der Waals surface area contributed by atoms with Gasteiger partial charge >= 0.3 is 11.2 Å². The number of hydrogen-bond donors (Lipinski definition) is 0. The summed E-state index contributed by atoms with van der Waals surface area (Å²) < 4.78 is 1.23. The monoisotopic (exact) mass is 386 g/mol. The molecule has 5 rings (SSSR count). The lowest BCUT2D eigenvalue weighted by molar-refractivity contribution is -0.385. The number of anilines is 1. The molecule has 0 N–H and O–H groups in total. The molecular formula is C22H18N4O3. The minimum atomic E-state index is -0.654. The van der Waals surface area contributed by atoms with E-state index in [4.69, 9.17) is 0 Å². The van der Waals surface area contributed by atoms with Crippen molar-refractivity contribution in [3.05, 3.63) is 92.9 Å². The van der Waals surface area contributed by atoms with Gasteiger partial charge in [-0.3, -0.25) is 19.3 Å². The number of pyridine rings is 1. The maximum absolute atomic E-state index is 12.9. The van der Waals surface area contributed by atoms with Gasteiger partial charge in [0.25, 0.3) is 0 Å². The van der Waals surface area contributed by atoms with Gasteiger partial charge in [0.05, 0.1) is 11.0 Å². The first-order valence-electron chi connectivity index (χ1n) is 9.55. The van der Waals surface area contributed by atoms with E-state index in [1.165, 1.54) is 10.6 Å². The van der Waals surface area contributed by atoms with Crippen molar-refractivity contribution >= 4 is 27.9 Å². The van der Waals surface area contributed by atoms with Crippen LogP contribution in [0.3, 0.4) is 0 Å². The zero-order valence-electron chi connectivity index (χ0n) is 15.6. The Morgan fingerprint density at radius 1 is 1.03 bits per heavy atom. The first-order chi connectivity index (χ1) is 14.1. The molecule has 7 heteroatoms. The van der Waals surface area contributed by atoms with Gasteiger partial charge < -0.3 is 4.90 Å². The van der Waals surface area contributed by atoms with Gasteiger partial charge in [0.1, 0.15) is 5.65 Å². The molecule has 144 valence electrons. The van der Waals surface area contributed by atoms with Crippen LogP contribution in [0, 0.1) is 10.1 Å². The van der Waals surface area contributed by atoms with E-state index in [9.17, 15) is 14.9 Å². The molecule has 1 atom stereocenters. The Balaban J connectivity index is 1.73. The van der Waals surface area contributed by atoms with Crippen LogP contribution in [-0.4, -0.2) is 20.9 Å². The predicted octanol–water partition coefficient (Wildman–Crippen LogP) is 4.10. The van der Waals surface area contributed by atoms with E-state index in [0.29, 0.717) is 12.2 Å². The largest absolute Gasteiger partial charge is 0.376 e. The maximum atomic E-state index is 12.9. The molecule has 0 bridgehead atoms. The Morgan fingerprint density at radius 3 is 2.69 bits per heavy atom. The molecule has 1 aliphatic rings. The minimum Gasteiger partial charge on any atom is -0.344 e. The second-order valence-electron chi connectivity index (χ2n) is 7.19. The van der Waals surface area contributed by atoms with Crippen molar-refractivity contribution in [2.24, 2.45) is 0 Å². The smallest absolute Gasteiger partial charge is 0.344 e.